The molecule has 2 aliphatic heterocycles. The molecule has 1 aliphatic carbocycles. The highest BCUT2D eigenvalue weighted by Gasteiger charge is 2.31. The molecule has 3 heterocycles. The van der Waals surface area contributed by atoms with Gasteiger partial charge in [-0.05, 0) is 68.5 Å². The first-order valence-electron chi connectivity index (χ1n) is 12.1. The molecule has 1 aromatic heterocycles. The molecule has 6 nitrogen and oxygen atoms in total. The van der Waals surface area contributed by atoms with Crippen molar-refractivity contribution in [3.63, 3.8) is 0 Å². The van der Waals surface area contributed by atoms with E-state index in [0.717, 1.165) is 62.4 Å². The Kier molecular flexibility index (Phi) is 6.58. The number of rotatable bonds is 7. The van der Waals surface area contributed by atoms with Gasteiger partial charge in [0.05, 0.1) is 11.7 Å². The molecule has 1 aromatic carbocycles. The molecule has 1 saturated heterocycles. The molecule has 32 heavy (non-hydrogen) atoms. The molecule has 2 atom stereocenters. The first-order valence-corrected chi connectivity index (χ1v) is 12.1. The van der Waals surface area contributed by atoms with E-state index in [1.54, 1.807) is 0 Å². The molecule has 1 saturated carbocycles. The second kappa shape index (κ2) is 9.90. The number of hydrogen-bond acceptors (Lipinski definition) is 5. The fraction of sp³-hybridized carbons (Fsp3) is 0.538. The van der Waals surface area contributed by atoms with Crippen molar-refractivity contribution in [3.05, 3.63) is 53.9 Å². The first kappa shape index (κ1) is 21.3. The fourth-order valence-corrected chi connectivity index (χ4v) is 5.02. The van der Waals surface area contributed by atoms with Crippen LogP contribution in [-0.2, 0) is 11.3 Å². The average Bonchev–Trinajstić information content (AvgIpc) is 2.79. The van der Waals surface area contributed by atoms with Crippen LogP contribution in [0.15, 0.2) is 42.6 Å². The number of nitrogens with zero attached hydrogens (tertiary/aromatic N) is 2. The van der Waals surface area contributed by atoms with E-state index in [0.29, 0.717) is 19.3 Å². The van der Waals surface area contributed by atoms with Crippen molar-refractivity contribution in [1.29, 1.82) is 0 Å². The third kappa shape index (κ3) is 4.90. The van der Waals surface area contributed by atoms with Crippen LogP contribution in [0.4, 0.5) is 0 Å². The van der Waals surface area contributed by atoms with Crippen LogP contribution >= 0.6 is 0 Å². The highest BCUT2D eigenvalue weighted by molar-refractivity contribution is 5.79. The number of hydrogen-bond donors (Lipinski definition) is 1. The number of benzene rings is 1. The Morgan fingerprint density at radius 1 is 1.06 bits per heavy atom. The van der Waals surface area contributed by atoms with Crippen molar-refractivity contribution in [2.75, 3.05) is 19.8 Å². The lowest BCUT2D eigenvalue weighted by Crippen LogP contribution is -2.44. The van der Waals surface area contributed by atoms with Gasteiger partial charge in [0.1, 0.15) is 13.2 Å². The van der Waals surface area contributed by atoms with Crippen LogP contribution in [0, 0.1) is 5.92 Å². The highest BCUT2D eigenvalue weighted by atomic mass is 16.6. The lowest BCUT2D eigenvalue weighted by molar-refractivity contribution is -0.128. The minimum atomic E-state index is -0.0461. The number of ether oxygens (including phenoxy) is 2. The van der Waals surface area contributed by atoms with Gasteiger partial charge in [0, 0.05) is 24.7 Å². The smallest absolute Gasteiger partial charge is 0.223 e. The molecule has 1 N–H and O–H groups in total. The number of fused-ring (bicyclic) bond motifs is 1. The minimum absolute atomic E-state index is 0.0461. The first-order chi connectivity index (χ1) is 15.8. The molecule has 5 rings (SSSR count). The molecule has 2 unspecified atom stereocenters. The summed E-state index contributed by atoms with van der Waals surface area (Å²) in [5.74, 6) is 2.06. The third-order valence-corrected chi connectivity index (χ3v) is 7.09. The summed E-state index contributed by atoms with van der Waals surface area (Å²) in [6, 6.07) is 12.6. The Bertz CT molecular complexity index is 916. The van der Waals surface area contributed by atoms with Gasteiger partial charge in [-0.1, -0.05) is 25.0 Å². The molecular formula is C26H33N3O3. The van der Waals surface area contributed by atoms with Gasteiger partial charge < -0.3 is 14.8 Å². The van der Waals surface area contributed by atoms with Crippen LogP contribution in [0.2, 0.25) is 0 Å². The molecule has 0 bridgehead atoms. The Balaban J connectivity index is 1.30. The number of carbonyl (C=O) groups is 1. The Morgan fingerprint density at radius 2 is 1.94 bits per heavy atom. The molecule has 6 heteroatoms. The Labute approximate surface area is 190 Å². The second-order valence-corrected chi connectivity index (χ2v) is 9.28. The molecule has 0 radical (unpaired) electrons. The van der Waals surface area contributed by atoms with Gasteiger partial charge in [-0.2, -0.15) is 0 Å². The molecule has 2 fully saturated rings. The number of likely N-dealkylation sites (tertiary alicyclic amines) is 1. The zero-order valence-corrected chi connectivity index (χ0v) is 18.7. The minimum Gasteiger partial charge on any atom is -0.486 e. The summed E-state index contributed by atoms with van der Waals surface area (Å²) in [5, 5.41) is 3.34. The number of carbonyl (C=O) groups excluding carboxylic acids is 1. The Hall–Kier alpha value is -2.60. The molecular weight excluding hydrogens is 402 g/mol. The van der Waals surface area contributed by atoms with Gasteiger partial charge >= 0.3 is 0 Å². The van der Waals surface area contributed by atoms with E-state index in [9.17, 15) is 4.79 Å². The summed E-state index contributed by atoms with van der Waals surface area (Å²) >= 11 is 0. The summed E-state index contributed by atoms with van der Waals surface area (Å²) in [4.78, 5) is 19.9. The van der Waals surface area contributed by atoms with Crippen molar-refractivity contribution >= 4 is 5.91 Å². The highest BCUT2D eigenvalue weighted by Crippen LogP contribution is 2.33. The average molecular weight is 436 g/mol. The number of aromatic nitrogens is 1. The van der Waals surface area contributed by atoms with E-state index >= 15 is 0 Å². The molecule has 170 valence electrons. The Morgan fingerprint density at radius 3 is 2.72 bits per heavy atom. The number of nitrogens with one attached hydrogen (secondary N) is 1. The van der Waals surface area contributed by atoms with E-state index in [1.807, 2.05) is 30.5 Å². The van der Waals surface area contributed by atoms with Gasteiger partial charge in [-0.25, -0.2) is 0 Å². The van der Waals surface area contributed by atoms with Gasteiger partial charge in [0.25, 0.3) is 0 Å². The largest absolute Gasteiger partial charge is 0.486 e. The number of amides is 1. The zero-order chi connectivity index (χ0) is 21.8. The topological polar surface area (TPSA) is 63.7 Å². The maximum atomic E-state index is 12.8. The van der Waals surface area contributed by atoms with E-state index in [1.165, 1.54) is 18.4 Å². The van der Waals surface area contributed by atoms with Gasteiger partial charge in [0.15, 0.2) is 11.5 Å². The van der Waals surface area contributed by atoms with Crippen molar-refractivity contribution in [2.45, 2.75) is 63.6 Å². The van der Waals surface area contributed by atoms with Gasteiger partial charge in [-0.3, -0.25) is 14.7 Å². The van der Waals surface area contributed by atoms with Crippen molar-refractivity contribution in [1.82, 2.24) is 15.2 Å². The van der Waals surface area contributed by atoms with Crippen molar-refractivity contribution < 1.29 is 14.3 Å². The second-order valence-electron chi connectivity index (χ2n) is 9.28. The molecule has 3 aliphatic rings. The summed E-state index contributed by atoms with van der Waals surface area (Å²) in [5.41, 5.74) is 2.21. The third-order valence-electron chi connectivity index (χ3n) is 7.09. The zero-order valence-electron chi connectivity index (χ0n) is 18.7. The number of piperidine rings is 1. The fourth-order valence-electron chi connectivity index (χ4n) is 5.02. The molecule has 2 aromatic rings. The van der Waals surface area contributed by atoms with E-state index in [4.69, 9.17) is 9.47 Å². The number of pyridine rings is 1. The van der Waals surface area contributed by atoms with E-state index in [-0.39, 0.29) is 17.9 Å². The van der Waals surface area contributed by atoms with Crippen LogP contribution in [0.25, 0.3) is 0 Å². The van der Waals surface area contributed by atoms with Gasteiger partial charge in [0.2, 0.25) is 5.91 Å². The lowest BCUT2D eigenvalue weighted by atomic mass is 9.84. The van der Waals surface area contributed by atoms with Crippen molar-refractivity contribution in [2.24, 2.45) is 5.92 Å². The normalized spacial score (nSPS) is 22.1. The summed E-state index contributed by atoms with van der Waals surface area (Å²) in [6.07, 6.45) is 9.50. The molecule has 0 spiro atoms. The maximum Gasteiger partial charge on any atom is 0.223 e. The monoisotopic (exact) mass is 435 g/mol. The summed E-state index contributed by atoms with van der Waals surface area (Å²) < 4.78 is 11.5. The summed E-state index contributed by atoms with van der Waals surface area (Å²) in [7, 11) is 0. The standard InChI is InChI=1S/C26H33N3O3/c30-26(20-6-5-7-20)28-23(22-9-1-3-12-27-22)17-21-8-2-4-13-29(21)18-19-10-11-24-25(16-19)32-15-14-31-24/h1,3,9-12,16,20-21,23H,2,4-8,13-15,17-18H2,(H,28,30). The van der Waals surface area contributed by atoms with Gasteiger partial charge in [-0.15, -0.1) is 0 Å². The summed E-state index contributed by atoms with van der Waals surface area (Å²) in [6.45, 7) is 3.18. The van der Waals surface area contributed by atoms with Crippen LogP contribution in [0.1, 0.15) is 62.2 Å². The van der Waals surface area contributed by atoms with E-state index < -0.39 is 0 Å². The van der Waals surface area contributed by atoms with Crippen LogP contribution in [-0.4, -0.2) is 41.6 Å². The quantitative estimate of drug-likeness (QED) is 0.704. The SMILES string of the molecule is O=C(NC(CC1CCCCN1Cc1ccc2c(c1)OCCO2)c1ccccn1)C1CCC1. The predicted octanol–water partition coefficient (Wildman–Crippen LogP) is 4.26. The predicted molar refractivity (Wildman–Crippen MR) is 123 cm³/mol. The van der Waals surface area contributed by atoms with E-state index in [2.05, 4.69) is 27.3 Å². The maximum absolute atomic E-state index is 12.8. The lowest BCUT2D eigenvalue weighted by Gasteiger charge is -2.38. The van der Waals surface area contributed by atoms with Crippen molar-refractivity contribution in [3.8, 4) is 11.5 Å². The molecule has 1 amide bonds. The van der Waals surface area contributed by atoms with Crippen LogP contribution < -0.4 is 14.8 Å². The van der Waals surface area contributed by atoms with Crippen LogP contribution in [0.3, 0.4) is 0 Å². The van der Waals surface area contributed by atoms with Crippen LogP contribution in [0.5, 0.6) is 11.5 Å².